The number of thioether (sulfide) groups is 1. The molecule has 0 amide bonds. The molecule has 0 aliphatic heterocycles. The number of quaternary nitrogens is 2. The minimum Gasteiger partial charge on any atom is -1.00 e. The lowest BCUT2D eigenvalue weighted by Gasteiger charge is -2.31. The van der Waals surface area contributed by atoms with Crippen molar-refractivity contribution in [2.24, 2.45) is 0 Å². The Morgan fingerprint density at radius 1 is 0.289 bits per heavy atom. The van der Waals surface area contributed by atoms with E-state index in [1.54, 1.807) is 0 Å². The van der Waals surface area contributed by atoms with Gasteiger partial charge in [-0.05, 0) is 25.7 Å². The Labute approximate surface area is 312 Å². The van der Waals surface area contributed by atoms with Gasteiger partial charge < -0.3 is 42.9 Å². The normalized spacial score (nSPS) is 11.9. The molecule has 0 aromatic heterocycles. The van der Waals surface area contributed by atoms with E-state index in [-0.39, 0.29) is 34.0 Å². The lowest BCUT2D eigenvalue weighted by Crippen LogP contribution is -3.00. The number of unbranched alkanes of at least 4 members (excludes halogenated alkanes) is 26. The zero-order valence-electron chi connectivity index (χ0n) is 32.1. The minimum absolute atomic E-state index is 0. The molecule has 0 saturated heterocycles. The van der Waals surface area contributed by atoms with Crippen LogP contribution in [0, 0.1) is 0 Å². The van der Waals surface area contributed by atoms with Crippen molar-refractivity contribution in [3.63, 3.8) is 0 Å². The third-order valence-electron chi connectivity index (χ3n) is 9.92. The second kappa shape index (κ2) is 38.0. The van der Waals surface area contributed by atoms with Gasteiger partial charge in [0, 0.05) is 11.5 Å². The van der Waals surface area contributed by atoms with Crippen molar-refractivity contribution in [3.05, 3.63) is 0 Å². The molecular formula is C40H86Br2N2S. The Balaban J connectivity index is -0.00000882. The van der Waals surface area contributed by atoms with Crippen LogP contribution in [0.5, 0.6) is 0 Å². The summed E-state index contributed by atoms with van der Waals surface area (Å²) in [7, 11) is 9.83. The summed E-state index contributed by atoms with van der Waals surface area (Å²) in [5, 5.41) is 0. The predicted molar refractivity (Wildman–Crippen MR) is 202 cm³/mol. The molecule has 0 aromatic rings. The van der Waals surface area contributed by atoms with Crippen LogP contribution in [0.1, 0.15) is 194 Å². The van der Waals surface area contributed by atoms with Crippen molar-refractivity contribution in [2.45, 2.75) is 194 Å². The monoisotopic (exact) mass is 784 g/mol. The maximum Gasteiger partial charge on any atom is 0.0874 e. The lowest BCUT2D eigenvalue weighted by atomic mass is 10.0. The maximum absolute atomic E-state index is 2.46. The molecule has 0 fully saturated rings. The highest BCUT2D eigenvalue weighted by molar-refractivity contribution is 7.99. The van der Waals surface area contributed by atoms with Crippen molar-refractivity contribution in [1.29, 1.82) is 0 Å². The second-order valence-corrected chi connectivity index (χ2v) is 16.8. The Hall–Kier alpha value is 1.23. The van der Waals surface area contributed by atoms with Gasteiger partial charge in [-0.25, -0.2) is 0 Å². The lowest BCUT2D eigenvalue weighted by molar-refractivity contribution is -0.888. The van der Waals surface area contributed by atoms with Crippen LogP contribution in [0.15, 0.2) is 0 Å². The van der Waals surface area contributed by atoms with Crippen molar-refractivity contribution in [2.75, 3.05) is 65.9 Å². The second-order valence-electron chi connectivity index (χ2n) is 15.6. The first-order valence-corrected chi connectivity index (χ1v) is 21.2. The number of hydrogen-bond donors (Lipinski definition) is 0. The Kier molecular flexibility index (Phi) is 42.8. The van der Waals surface area contributed by atoms with Gasteiger partial charge in [-0.2, -0.15) is 11.8 Å². The zero-order chi connectivity index (χ0) is 31.7. The van der Waals surface area contributed by atoms with Gasteiger partial charge in [-0.15, -0.1) is 0 Å². The molecule has 0 atom stereocenters. The fraction of sp³-hybridized carbons (Fsp3) is 1.00. The Bertz CT molecular complexity index is 498. The summed E-state index contributed by atoms with van der Waals surface area (Å²) < 4.78 is 2.42. The molecule has 5 heteroatoms. The van der Waals surface area contributed by atoms with Crippen LogP contribution in [0.2, 0.25) is 0 Å². The van der Waals surface area contributed by atoms with Gasteiger partial charge in [0.15, 0.2) is 0 Å². The third-order valence-corrected chi connectivity index (χ3v) is 10.9. The summed E-state index contributed by atoms with van der Waals surface area (Å²) in [6.45, 7) is 10.00. The molecule has 0 aromatic carbocycles. The van der Waals surface area contributed by atoms with E-state index in [4.69, 9.17) is 0 Å². The molecule has 0 aliphatic carbocycles. The summed E-state index contributed by atoms with van der Waals surface area (Å²) in [5.41, 5.74) is 0. The molecule has 0 heterocycles. The molecule has 0 spiro atoms. The predicted octanol–water partition coefficient (Wildman–Crippen LogP) is 6.84. The average molecular weight is 787 g/mol. The van der Waals surface area contributed by atoms with Gasteiger partial charge in [0.05, 0.1) is 54.4 Å². The van der Waals surface area contributed by atoms with E-state index in [9.17, 15) is 0 Å². The first kappa shape index (κ1) is 50.6. The summed E-state index contributed by atoms with van der Waals surface area (Å²) in [4.78, 5) is 0. The van der Waals surface area contributed by atoms with E-state index in [1.165, 1.54) is 226 Å². The molecule has 0 bridgehead atoms. The number of hydrogen-bond acceptors (Lipinski definition) is 1. The molecule has 0 N–H and O–H groups in total. The van der Waals surface area contributed by atoms with Gasteiger partial charge in [-0.1, -0.05) is 168 Å². The Morgan fingerprint density at radius 3 is 0.711 bits per heavy atom. The summed E-state index contributed by atoms with van der Waals surface area (Å²) in [5.74, 6) is 2.65. The minimum atomic E-state index is 0. The highest BCUT2D eigenvalue weighted by atomic mass is 79.9. The van der Waals surface area contributed by atoms with Crippen LogP contribution in [0.4, 0.5) is 0 Å². The summed E-state index contributed by atoms with van der Waals surface area (Å²) in [6, 6.07) is 0. The van der Waals surface area contributed by atoms with Crippen molar-refractivity contribution in [3.8, 4) is 0 Å². The number of rotatable bonds is 36. The molecular weight excluding hydrogens is 700 g/mol. The van der Waals surface area contributed by atoms with E-state index >= 15 is 0 Å². The fourth-order valence-corrected chi connectivity index (χ4v) is 7.87. The molecule has 0 saturated carbocycles. The highest BCUT2D eigenvalue weighted by Crippen LogP contribution is 2.16. The van der Waals surface area contributed by atoms with Gasteiger partial charge in [0.2, 0.25) is 0 Å². The van der Waals surface area contributed by atoms with Crippen LogP contribution in [-0.2, 0) is 0 Å². The van der Waals surface area contributed by atoms with Crippen LogP contribution in [-0.4, -0.2) is 74.8 Å². The smallest absolute Gasteiger partial charge is 0.0874 e. The van der Waals surface area contributed by atoms with Crippen LogP contribution in [0.25, 0.3) is 0 Å². The van der Waals surface area contributed by atoms with Gasteiger partial charge in [0.1, 0.15) is 0 Å². The fourth-order valence-electron chi connectivity index (χ4n) is 6.42. The van der Waals surface area contributed by atoms with Gasteiger partial charge in [-0.3, -0.25) is 0 Å². The van der Waals surface area contributed by atoms with E-state index in [0.717, 1.165) is 0 Å². The van der Waals surface area contributed by atoms with Gasteiger partial charge in [0.25, 0.3) is 0 Å². The van der Waals surface area contributed by atoms with Crippen LogP contribution < -0.4 is 34.0 Å². The largest absolute Gasteiger partial charge is 1.00 e. The van der Waals surface area contributed by atoms with E-state index in [1.807, 2.05) is 0 Å². The molecule has 2 nitrogen and oxygen atoms in total. The van der Waals surface area contributed by atoms with Crippen LogP contribution >= 0.6 is 11.8 Å². The van der Waals surface area contributed by atoms with E-state index < -0.39 is 0 Å². The Morgan fingerprint density at radius 2 is 0.489 bits per heavy atom. The van der Waals surface area contributed by atoms with Crippen LogP contribution in [0.3, 0.4) is 0 Å². The maximum atomic E-state index is 2.46. The highest BCUT2D eigenvalue weighted by Gasteiger charge is 2.16. The molecule has 0 aliphatic rings. The molecule has 0 unspecified atom stereocenters. The number of nitrogens with zero attached hydrogens (tertiary/aromatic N) is 2. The first-order valence-electron chi connectivity index (χ1n) is 20.0. The third kappa shape index (κ3) is 41.3. The van der Waals surface area contributed by atoms with Crippen molar-refractivity contribution < 1.29 is 42.9 Å². The zero-order valence-corrected chi connectivity index (χ0v) is 36.1. The topological polar surface area (TPSA) is 0 Å². The quantitative estimate of drug-likeness (QED) is 0.0496. The van der Waals surface area contributed by atoms with Crippen molar-refractivity contribution >= 4 is 11.8 Å². The molecule has 276 valence electrons. The molecule has 0 radical (unpaired) electrons. The molecule has 0 rings (SSSR count). The van der Waals surface area contributed by atoms with Gasteiger partial charge >= 0.3 is 0 Å². The SMILES string of the molecule is CCCCCCCCCCCCCCCC[N+](C)(C)CCSCC[N+](C)(C)CCCCCCCCCCCCCCCC.[Br-].[Br-]. The summed E-state index contributed by atoms with van der Waals surface area (Å²) in [6.07, 6.45) is 40.7. The first-order chi connectivity index (χ1) is 20.8. The standard InChI is InChI=1S/C40H86N2S.2BrH/c1-7-9-11-13-15-17-19-21-23-25-27-29-31-33-35-41(3,4)37-39-43-40-38-42(5,6)36-34-32-30-28-26-24-22-20-18-16-14-12-10-8-2;;/h7-40H2,1-6H3;2*1H/q+2;;/p-2. The van der Waals surface area contributed by atoms with E-state index in [0.29, 0.717) is 0 Å². The average Bonchev–Trinajstić information content (AvgIpc) is 2.97. The molecule has 45 heavy (non-hydrogen) atoms. The summed E-state index contributed by atoms with van der Waals surface area (Å²) >= 11 is 2.20. The van der Waals surface area contributed by atoms with E-state index in [2.05, 4.69) is 53.8 Å². The van der Waals surface area contributed by atoms with Crippen molar-refractivity contribution in [1.82, 2.24) is 0 Å². The number of halogens is 2.